The topological polar surface area (TPSA) is 32.5 Å². The third-order valence-electron chi connectivity index (χ3n) is 3.67. The van der Waals surface area contributed by atoms with Crippen LogP contribution in [-0.4, -0.2) is 25.7 Å². The molecular formula is C15H19N3S. The zero-order chi connectivity index (χ0) is 13.2. The molecule has 2 aromatic rings. The molecule has 3 rings (SSSR count). The Labute approximate surface area is 118 Å². The van der Waals surface area contributed by atoms with Crippen molar-refractivity contribution in [3.63, 3.8) is 0 Å². The van der Waals surface area contributed by atoms with E-state index in [1.807, 2.05) is 23.5 Å². The number of nitrogen functional groups attached to an aromatic ring is 1. The van der Waals surface area contributed by atoms with E-state index in [2.05, 4.69) is 46.4 Å². The minimum absolute atomic E-state index is 0.513. The molecule has 0 bridgehead atoms. The Morgan fingerprint density at radius 2 is 1.95 bits per heavy atom. The van der Waals surface area contributed by atoms with E-state index in [1.54, 1.807) is 0 Å². The zero-order valence-corrected chi connectivity index (χ0v) is 11.9. The molecule has 2 N–H and O–H groups in total. The first-order chi connectivity index (χ1) is 9.24. The molecule has 1 aliphatic rings. The van der Waals surface area contributed by atoms with Crippen molar-refractivity contribution >= 4 is 27.7 Å². The molecule has 1 fully saturated rings. The fourth-order valence-electron chi connectivity index (χ4n) is 2.66. The molecule has 1 aromatic carbocycles. The van der Waals surface area contributed by atoms with E-state index in [4.69, 9.17) is 5.73 Å². The number of nitrogens with zero attached hydrogens (tertiary/aromatic N) is 2. The van der Waals surface area contributed by atoms with Gasteiger partial charge in [-0.05, 0) is 48.7 Å². The quantitative estimate of drug-likeness (QED) is 0.854. The van der Waals surface area contributed by atoms with Gasteiger partial charge >= 0.3 is 0 Å². The van der Waals surface area contributed by atoms with Crippen LogP contribution in [0.25, 0.3) is 0 Å². The maximum atomic E-state index is 5.75. The number of thiophene rings is 1. The molecule has 0 radical (unpaired) electrons. The first-order valence-corrected chi connectivity index (χ1v) is 7.52. The number of hydrogen-bond acceptors (Lipinski definition) is 4. The summed E-state index contributed by atoms with van der Waals surface area (Å²) in [7, 11) is 0. The van der Waals surface area contributed by atoms with Crippen molar-refractivity contribution in [2.45, 2.75) is 13.0 Å². The van der Waals surface area contributed by atoms with E-state index < -0.39 is 0 Å². The van der Waals surface area contributed by atoms with E-state index in [-0.39, 0.29) is 0 Å². The van der Waals surface area contributed by atoms with Gasteiger partial charge in [0.1, 0.15) is 0 Å². The number of rotatable bonds is 2. The van der Waals surface area contributed by atoms with Gasteiger partial charge < -0.3 is 15.5 Å². The molecule has 3 nitrogen and oxygen atoms in total. The van der Waals surface area contributed by atoms with Gasteiger partial charge in [-0.1, -0.05) is 0 Å². The Morgan fingerprint density at radius 3 is 2.58 bits per heavy atom. The Hall–Kier alpha value is -1.68. The van der Waals surface area contributed by atoms with Crippen LogP contribution >= 0.6 is 11.3 Å². The lowest BCUT2D eigenvalue weighted by molar-refractivity contribution is 0.553. The molecule has 0 spiro atoms. The summed E-state index contributed by atoms with van der Waals surface area (Å²) in [5.41, 5.74) is 7.85. The van der Waals surface area contributed by atoms with Crippen LogP contribution < -0.4 is 15.5 Å². The Bertz CT molecular complexity index is 521. The van der Waals surface area contributed by atoms with Crippen LogP contribution in [0.2, 0.25) is 0 Å². The lowest BCUT2D eigenvalue weighted by Crippen LogP contribution is -2.52. The summed E-state index contributed by atoms with van der Waals surface area (Å²) in [6.07, 6.45) is 0. The Morgan fingerprint density at radius 1 is 1.16 bits per heavy atom. The van der Waals surface area contributed by atoms with Crippen LogP contribution in [0, 0.1) is 0 Å². The van der Waals surface area contributed by atoms with E-state index in [0.717, 1.165) is 25.3 Å². The fourth-order valence-corrected chi connectivity index (χ4v) is 3.43. The number of piperazine rings is 1. The standard InChI is InChI=1S/C15H19N3S/c1-12-11-17(15-3-2-10-19-15)8-9-18(12)14-6-4-13(16)5-7-14/h2-7,10,12H,8-9,11,16H2,1H3. The van der Waals surface area contributed by atoms with Gasteiger partial charge in [-0.25, -0.2) is 0 Å². The van der Waals surface area contributed by atoms with Crippen LogP contribution in [-0.2, 0) is 0 Å². The van der Waals surface area contributed by atoms with Gasteiger partial charge in [-0.2, -0.15) is 0 Å². The first kappa shape index (κ1) is 12.4. The second-order valence-corrected chi connectivity index (χ2v) is 5.96. The average molecular weight is 273 g/mol. The summed E-state index contributed by atoms with van der Waals surface area (Å²) in [6, 6.07) is 13.0. The van der Waals surface area contributed by atoms with Gasteiger partial charge in [-0.3, -0.25) is 0 Å². The summed E-state index contributed by atoms with van der Waals surface area (Å²) in [5, 5.41) is 3.52. The predicted octanol–water partition coefficient (Wildman–Crippen LogP) is 3.05. The summed E-state index contributed by atoms with van der Waals surface area (Å²) in [6.45, 7) is 5.50. The smallest absolute Gasteiger partial charge is 0.0909 e. The molecule has 1 aliphatic heterocycles. The second kappa shape index (κ2) is 5.13. The third-order valence-corrected chi connectivity index (χ3v) is 4.60. The SMILES string of the molecule is CC1CN(c2cccs2)CCN1c1ccc(N)cc1. The fraction of sp³-hybridized carbons (Fsp3) is 0.333. The molecule has 1 saturated heterocycles. The van der Waals surface area contributed by atoms with Crippen molar-refractivity contribution in [3.05, 3.63) is 41.8 Å². The minimum Gasteiger partial charge on any atom is -0.399 e. The summed E-state index contributed by atoms with van der Waals surface area (Å²) >= 11 is 1.82. The highest BCUT2D eigenvalue weighted by Crippen LogP contribution is 2.27. The van der Waals surface area contributed by atoms with Crippen molar-refractivity contribution in [1.82, 2.24) is 0 Å². The highest BCUT2D eigenvalue weighted by Gasteiger charge is 2.24. The lowest BCUT2D eigenvalue weighted by Gasteiger charge is -2.41. The predicted molar refractivity (Wildman–Crippen MR) is 84.2 cm³/mol. The minimum atomic E-state index is 0.513. The van der Waals surface area contributed by atoms with Gasteiger partial charge in [0, 0.05) is 37.1 Å². The molecular weight excluding hydrogens is 254 g/mol. The highest BCUT2D eigenvalue weighted by molar-refractivity contribution is 7.14. The van der Waals surface area contributed by atoms with Crippen LogP contribution in [0.4, 0.5) is 16.4 Å². The van der Waals surface area contributed by atoms with E-state index in [0.29, 0.717) is 6.04 Å². The van der Waals surface area contributed by atoms with E-state index in [1.165, 1.54) is 10.7 Å². The first-order valence-electron chi connectivity index (χ1n) is 6.64. The molecule has 2 heterocycles. The third kappa shape index (κ3) is 2.54. The Balaban J connectivity index is 1.72. The molecule has 0 saturated carbocycles. The zero-order valence-electron chi connectivity index (χ0n) is 11.1. The lowest BCUT2D eigenvalue weighted by atomic mass is 10.1. The summed E-state index contributed by atoms with van der Waals surface area (Å²) in [5.74, 6) is 0. The van der Waals surface area contributed by atoms with Crippen molar-refractivity contribution < 1.29 is 0 Å². The molecule has 4 heteroatoms. The monoisotopic (exact) mass is 273 g/mol. The van der Waals surface area contributed by atoms with Crippen LogP contribution in [0.3, 0.4) is 0 Å². The molecule has 0 amide bonds. The molecule has 1 atom stereocenters. The highest BCUT2D eigenvalue weighted by atomic mass is 32.1. The van der Waals surface area contributed by atoms with Gasteiger partial charge in [0.15, 0.2) is 0 Å². The van der Waals surface area contributed by atoms with Crippen molar-refractivity contribution in [3.8, 4) is 0 Å². The maximum Gasteiger partial charge on any atom is 0.0909 e. The van der Waals surface area contributed by atoms with Gasteiger partial charge in [0.2, 0.25) is 0 Å². The number of anilines is 3. The van der Waals surface area contributed by atoms with Crippen LogP contribution in [0.5, 0.6) is 0 Å². The van der Waals surface area contributed by atoms with Gasteiger partial charge in [-0.15, -0.1) is 11.3 Å². The van der Waals surface area contributed by atoms with Crippen molar-refractivity contribution in [2.24, 2.45) is 0 Å². The molecule has 100 valence electrons. The van der Waals surface area contributed by atoms with Crippen LogP contribution in [0.1, 0.15) is 6.92 Å². The van der Waals surface area contributed by atoms with Gasteiger partial charge in [0.25, 0.3) is 0 Å². The molecule has 0 aliphatic carbocycles. The largest absolute Gasteiger partial charge is 0.399 e. The maximum absolute atomic E-state index is 5.75. The normalized spacial score (nSPS) is 19.7. The van der Waals surface area contributed by atoms with E-state index in [9.17, 15) is 0 Å². The number of hydrogen-bond donors (Lipinski definition) is 1. The average Bonchev–Trinajstić information content (AvgIpc) is 2.94. The molecule has 1 unspecified atom stereocenters. The Kier molecular flexibility index (Phi) is 3.34. The van der Waals surface area contributed by atoms with E-state index >= 15 is 0 Å². The van der Waals surface area contributed by atoms with Gasteiger partial charge in [0.05, 0.1) is 5.00 Å². The number of benzene rings is 1. The van der Waals surface area contributed by atoms with Crippen LogP contribution in [0.15, 0.2) is 41.8 Å². The molecule has 19 heavy (non-hydrogen) atoms. The van der Waals surface area contributed by atoms with Crippen molar-refractivity contribution in [1.29, 1.82) is 0 Å². The molecule has 1 aromatic heterocycles. The summed E-state index contributed by atoms with van der Waals surface area (Å²) in [4.78, 5) is 4.94. The second-order valence-electron chi connectivity index (χ2n) is 5.03. The summed E-state index contributed by atoms with van der Waals surface area (Å²) < 4.78 is 0. The number of nitrogens with two attached hydrogens (primary N) is 1. The van der Waals surface area contributed by atoms with Crippen molar-refractivity contribution in [2.75, 3.05) is 35.2 Å².